The number of carboxylic acids is 1. The molecule has 1 atom stereocenters. The Balaban J connectivity index is 1.63. The summed E-state index contributed by atoms with van der Waals surface area (Å²) in [5.74, 6) is -0.657. The van der Waals surface area contributed by atoms with Crippen LogP contribution in [0.15, 0.2) is 41.6 Å². The summed E-state index contributed by atoms with van der Waals surface area (Å²) < 4.78 is 5.90. The second-order valence-electron chi connectivity index (χ2n) is 6.64. The van der Waals surface area contributed by atoms with Crippen molar-refractivity contribution >= 4 is 29.3 Å². The number of aromatic nitrogens is 1. The van der Waals surface area contributed by atoms with Gasteiger partial charge in [-0.1, -0.05) is 37.1 Å². The molecule has 1 saturated carbocycles. The Bertz CT molecular complexity index is 779. The number of benzene rings is 1. The van der Waals surface area contributed by atoms with Gasteiger partial charge in [-0.15, -0.1) is 11.8 Å². The maximum Gasteiger partial charge on any atom is 0.306 e. The standard InChI is InChI=1S/C20H22ClNO3S/c1-13(20(23)24)10-14-7-8-18(17(21)11-14)25-12-15-4-3-9-22-19(15)26-16-5-2-6-16/h3-4,7-9,11,13,16H,2,5-6,10,12H2,1H3,(H,23,24). The molecule has 0 aliphatic heterocycles. The van der Waals surface area contributed by atoms with Crippen LogP contribution in [-0.4, -0.2) is 21.3 Å². The summed E-state index contributed by atoms with van der Waals surface area (Å²) in [4.78, 5) is 15.5. The van der Waals surface area contributed by atoms with Gasteiger partial charge in [0.25, 0.3) is 0 Å². The quantitative estimate of drug-likeness (QED) is 0.668. The number of nitrogens with zero attached hydrogens (tertiary/aromatic N) is 1. The summed E-state index contributed by atoms with van der Waals surface area (Å²) >= 11 is 8.15. The zero-order chi connectivity index (χ0) is 18.5. The van der Waals surface area contributed by atoms with E-state index in [4.69, 9.17) is 21.4 Å². The topological polar surface area (TPSA) is 59.4 Å². The molecule has 0 amide bonds. The summed E-state index contributed by atoms with van der Waals surface area (Å²) in [5.41, 5.74) is 1.95. The smallest absolute Gasteiger partial charge is 0.306 e. The van der Waals surface area contributed by atoms with E-state index >= 15 is 0 Å². The van der Waals surface area contributed by atoms with E-state index < -0.39 is 11.9 Å². The molecule has 0 bridgehead atoms. The van der Waals surface area contributed by atoms with Gasteiger partial charge in [-0.2, -0.15) is 0 Å². The molecule has 0 saturated heterocycles. The first kappa shape index (κ1) is 19.1. The molecule has 1 aromatic carbocycles. The van der Waals surface area contributed by atoms with Crippen LogP contribution < -0.4 is 4.74 Å². The third kappa shape index (κ3) is 4.92. The van der Waals surface area contributed by atoms with Crippen LogP contribution in [0.5, 0.6) is 5.75 Å². The van der Waals surface area contributed by atoms with Crippen molar-refractivity contribution in [2.75, 3.05) is 0 Å². The molecular formula is C20H22ClNO3S. The molecule has 0 spiro atoms. The number of hydrogen-bond donors (Lipinski definition) is 1. The number of hydrogen-bond acceptors (Lipinski definition) is 4. The largest absolute Gasteiger partial charge is 0.487 e. The molecule has 26 heavy (non-hydrogen) atoms. The van der Waals surface area contributed by atoms with E-state index in [1.54, 1.807) is 19.1 Å². The molecule has 1 aliphatic rings. The van der Waals surface area contributed by atoms with Crippen molar-refractivity contribution in [2.45, 2.75) is 49.5 Å². The number of thioether (sulfide) groups is 1. The predicted octanol–water partition coefficient (Wildman–Crippen LogP) is 5.22. The van der Waals surface area contributed by atoms with E-state index in [-0.39, 0.29) is 0 Å². The van der Waals surface area contributed by atoms with Crippen LogP contribution in [0.1, 0.15) is 37.3 Å². The highest BCUT2D eigenvalue weighted by Gasteiger charge is 2.20. The summed E-state index contributed by atoms with van der Waals surface area (Å²) in [6.45, 7) is 2.10. The maximum atomic E-state index is 11.0. The van der Waals surface area contributed by atoms with Gasteiger partial charge < -0.3 is 9.84 Å². The molecule has 1 aliphatic carbocycles. The lowest BCUT2D eigenvalue weighted by Gasteiger charge is -2.24. The maximum absolute atomic E-state index is 11.0. The number of aliphatic carboxylic acids is 1. The Morgan fingerprint density at radius 3 is 2.88 bits per heavy atom. The molecule has 2 aromatic rings. The van der Waals surface area contributed by atoms with E-state index in [2.05, 4.69) is 4.98 Å². The van der Waals surface area contributed by atoms with E-state index in [9.17, 15) is 4.79 Å². The lowest BCUT2D eigenvalue weighted by Crippen LogP contribution is -2.14. The zero-order valence-corrected chi connectivity index (χ0v) is 16.2. The van der Waals surface area contributed by atoms with Gasteiger partial charge in [0.2, 0.25) is 0 Å². The molecule has 1 heterocycles. The van der Waals surface area contributed by atoms with Crippen molar-refractivity contribution in [3.05, 3.63) is 52.7 Å². The third-order valence-electron chi connectivity index (χ3n) is 4.52. The van der Waals surface area contributed by atoms with Crippen molar-refractivity contribution < 1.29 is 14.6 Å². The van der Waals surface area contributed by atoms with Gasteiger partial charge in [0.15, 0.2) is 0 Å². The minimum absolute atomic E-state index is 0.410. The number of carboxylic acid groups (broad SMARTS) is 1. The molecule has 1 fully saturated rings. The molecule has 0 radical (unpaired) electrons. The molecule has 1 aromatic heterocycles. The van der Waals surface area contributed by atoms with Crippen LogP contribution in [0.3, 0.4) is 0 Å². The highest BCUT2D eigenvalue weighted by atomic mass is 35.5. The van der Waals surface area contributed by atoms with E-state index in [0.717, 1.165) is 16.2 Å². The monoisotopic (exact) mass is 391 g/mol. The van der Waals surface area contributed by atoms with Crippen LogP contribution in [-0.2, 0) is 17.8 Å². The lowest BCUT2D eigenvalue weighted by atomic mass is 10.0. The summed E-state index contributed by atoms with van der Waals surface area (Å²) in [6.07, 6.45) is 6.07. The second-order valence-corrected chi connectivity index (χ2v) is 8.33. The SMILES string of the molecule is CC(Cc1ccc(OCc2cccnc2SC2CCC2)c(Cl)c1)C(=O)O. The van der Waals surface area contributed by atoms with Gasteiger partial charge in [-0.3, -0.25) is 4.79 Å². The minimum atomic E-state index is -0.811. The first-order chi connectivity index (χ1) is 12.5. The van der Waals surface area contributed by atoms with Crippen LogP contribution in [0.2, 0.25) is 5.02 Å². The Labute approximate surface area is 162 Å². The van der Waals surface area contributed by atoms with Crippen molar-refractivity contribution in [1.29, 1.82) is 0 Å². The van der Waals surface area contributed by atoms with E-state index in [1.807, 2.05) is 36.2 Å². The Morgan fingerprint density at radius 2 is 2.23 bits per heavy atom. The van der Waals surface area contributed by atoms with Crippen LogP contribution in [0, 0.1) is 5.92 Å². The lowest BCUT2D eigenvalue weighted by molar-refractivity contribution is -0.141. The first-order valence-electron chi connectivity index (χ1n) is 8.77. The number of ether oxygens (including phenoxy) is 1. The van der Waals surface area contributed by atoms with Gasteiger partial charge in [0.05, 0.1) is 10.9 Å². The van der Waals surface area contributed by atoms with E-state index in [0.29, 0.717) is 29.0 Å². The summed E-state index contributed by atoms with van der Waals surface area (Å²) in [5, 5.41) is 11.2. The van der Waals surface area contributed by atoms with Gasteiger partial charge in [-0.05, 0) is 43.0 Å². The van der Waals surface area contributed by atoms with Crippen molar-refractivity contribution in [3.63, 3.8) is 0 Å². The average molecular weight is 392 g/mol. The number of carbonyl (C=O) groups is 1. The Morgan fingerprint density at radius 1 is 1.42 bits per heavy atom. The number of pyridine rings is 1. The number of halogens is 1. The average Bonchev–Trinajstić information content (AvgIpc) is 2.58. The summed E-state index contributed by atoms with van der Waals surface area (Å²) in [7, 11) is 0. The molecule has 1 unspecified atom stereocenters. The van der Waals surface area contributed by atoms with Crippen LogP contribution >= 0.6 is 23.4 Å². The van der Waals surface area contributed by atoms with Crippen LogP contribution in [0.4, 0.5) is 0 Å². The third-order valence-corrected chi connectivity index (χ3v) is 6.21. The molecule has 6 heteroatoms. The van der Waals surface area contributed by atoms with Gasteiger partial charge in [-0.25, -0.2) is 4.98 Å². The predicted molar refractivity (Wildman–Crippen MR) is 104 cm³/mol. The highest BCUT2D eigenvalue weighted by Crippen LogP contribution is 2.37. The van der Waals surface area contributed by atoms with Gasteiger partial charge >= 0.3 is 5.97 Å². The molecule has 1 N–H and O–H groups in total. The second kappa shape index (κ2) is 8.78. The fraction of sp³-hybridized carbons (Fsp3) is 0.400. The molecule has 4 nitrogen and oxygen atoms in total. The molecule has 138 valence electrons. The fourth-order valence-corrected chi connectivity index (χ4v) is 4.21. The Hall–Kier alpha value is -1.72. The zero-order valence-electron chi connectivity index (χ0n) is 14.7. The first-order valence-corrected chi connectivity index (χ1v) is 10.0. The van der Waals surface area contributed by atoms with Crippen molar-refractivity contribution in [1.82, 2.24) is 4.98 Å². The molecule has 3 rings (SSSR count). The van der Waals surface area contributed by atoms with E-state index in [1.165, 1.54) is 19.3 Å². The number of rotatable bonds is 8. The fourth-order valence-electron chi connectivity index (χ4n) is 2.67. The normalized spacial score (nSPS) is 15.3. The Kier molecular flexibility index (Phi) is 6.43. The van der Waals surface area contributed by atoms with Gasteiger partial charge in [0.1, 0.15) is 17.4 Å². The summed E-state index contributed by atoms with van der Waals surface area (Å²) in [6, 6.07) is 9.41. The van der Waals surface area contributed by atoms with Crippen LogP contribution in [0.25, 0.3) is 0 Å². The van der Waals surface area contributed by atoms with Gasteiger partial charge in [0, 0.05) is 17.0 Å². The minimum Gasteiger partial charge on any atom is -0.487 e. The van der Waals surface area contributed by atoms with Crippen molar-refractivity contribution in [3.8, 4) is 5.75 Å². The highest BCUT2D eigenvalue weighted by molar-refractivity contribution is 8.00. The molecular weight excluding hydrogens is 370 g/mol. The van der Waals surface area contributed by atoms with Crippen molar-refractivity contribution in [2.24, 2.45) is 5.92 Å².